The SMILES string of the molecule is COc1ccc(Br)cc1C1SCCN1C(=O)c1cccc(Cl)c1. The summed E-state index contributed by atoms with van der Waals surface area (Å²) in [6.45, 7) is 0.705. The number of hydrogen-bond donors (Lipinski definition) is 0. The van der Waals surface area contributed by atoms with Gasteiger partial charge in [0.25, 0.3) is 5.91 Å². The van der Waals surface area contributed by atoms with Crippen LogP contribution < -0.4 is 4.74 Å². The molecule has 0 bridgehead atoms. The highest BCUT2D eigenvalue weighted by molar-refractivity contribution is 9.10. The van der Waals surface area contributed by atoms with Crippen LogP contribution in [-0.4, -0.2) is 30.2 Å². The van der Waals surface area contributed by atoms with Crippen molar-refractivity contribution in [2.45, 2.75) is 5.37 Å². The van der Waals surface area contributed by atoms with E-state index in [-0.39, 0.29) is 11.3 Å². The van der Waals surface area contributed by atoms with Gasteiger partial charge in [0, 0.05) is 32.9 Å². The fraction of sp³-hybridized carbons (Fsp3) is 0.235. The van der Waals surface area contributed by atoms with Crippen molar-refractivity contribution in [2.24, 2.45) is 0 Å². The Morgan fingerprint density at radius 1 is 1.35 bits per heavy atom. The highest BCUT2D eigenvalue weighted by Crippen LogP contribution is 2.43. The Balaban J connectivity index is 1.94. The van der Waals surface area contributed by atoms with Crippen molar-refractivity contribution in [1.29, 1.82) is 0 Å². The van der Waals surface area contributed by atoms with E-state index < -0.39 is 0 Å². The Hall–Kier alpha value is -1.17. The first-order valence-corrected chi connectivity index (χ1v) is 9.33. The molecule has 23 heavy (non-hydrogen) atoms. The number of benzene rings is 2. The van der Waals surface area contributed by atoms with Crippen molar-refractivity contribution in [1.82, 2.24) is 4.90 Å². The lowest BCUT2D eigenvalue weighted by atomic mass is 10.1. The summed E-state index contributed by atoms with van der Waals surface area (Å²) < 4.78 is 6.44. The van der Waals surface area contributed by atoms with E-state index in [1.54, 1.807) is 43.1 Å². The van der Waals surface area contributed by atoms with Crippen molar-refractivity contribution < 1.29 is 9.53 Å². The summed E-state index contributed by atoms with van der Waals surface area (Å²) in [5.74, 6) is 1.67. The molecule has 3 rings (SSSR count). The van der Waals surface area contributed by atoms with Crippen LogP contribution in [0.2, 0.25) is 5.02 Å². The lowest BCUT2D eigenvalue weighted by Gasteiger charge is -2.25. The molecule has 1 unspecified atom stereocenters. The molecule has 0 N–H and O–H groups in total. The van der Waals surface area contributed by atoms with Crippen LogP contribution in [0.25, 0.3) is 0 Å². The van der Waals surface area contributed by atoms with E-state index in [4.69, 9.17) is 16.3 Å². The Morgan fingerprint density at radius 2 is 2.17 bits per heavy atom. The van der Waals surface area contributed by atoms with Gasteiger partial charge in [0.2, 0.25) is 0 Å². The molecule has 1 heterocycles. The topological polar surface area (TPSA) is 29.5 Å². The third-order valence-corrected chi connectivity index (χ3v) is 5.65. The number of rotatable bonds is 3. The minimum atomic E-state index is -0.0612. The van der Waals surface area contributed by atoms with Crippen LogP contribution in [0.1, 0.15) is 21.3 Å². The van der Waals surface area contributed by atoms with Crippen molar-refractivity contribution >= 4 is 45.2 Å². The average molecular weight is 413 g/mol. The molecule has 0 aliphatic carbocycles. The molecule has 0 spiro atoms. The lowest BCUT2D eigenvalue weighted by molar-refractivity contribution is 0.0759. The van der Waals surface area contributed by atoms with Crippen LogP contribution >= 0.6 is 39.3 Å². The Kier molecular flexibility index (Phi) is 5.19. The molecule has 1 aliphatic heterocycles. The second kappa shape index (κ2) is 7.16. The summed E-state index contributed by atoms with van der Waals surface area (Å²) in [7, 11) is 1.65. The van der Waals surface area contributed by atoms with Gasteiger partial charge in [0.05, 0.1) is 7.11 Å². The van der Waals surface area contributed by atoms with Crippen LogP contribution in [0.4, 0.5) is 0 Å². The minimum Gasteiger partial charge on any atom is -0.496 e. The zero-order chi connectivity index (χ0) is 16.4. The number of amides is 1. The van der Waals surface area contributed by atoms with E-state index in [1.165, 1.54) is 0 Å². The van der Waals surface area contributed by atoms with Gasteiger partial charge >= 0.3 is 0 Å². The first kappa shape index (κ1) is 16.7. The number of nitrogens with zero attached hydrogens (tertiary/aromatic N) is 1. The van der Waals surface area contributed by atoms with Crippen LogP contribution in [0.5, 0.6) is 5.75 Å². The Labute approximate surface area is 153 Å². The third kappa shape index (κ3) is 3.52. The monoisotopic (exact) mass is 411 g/mol. The molecule has 120 valence electrons. The summed E-state index contributed by atoms with van der Waals surface area (Å²) in [5.41, 5.74) is 1.61. The maximum atomic E-state index is 12.9. The fourth-order valence-electron chi connectivity index (χ4n) is 2.62. The van der Waals surface area contributed by atoms with Crippen LogP contribution in [0.15, 0.2) is 46.9 Å². The quantitative estimate of drug-likeness (QED) is 0.710. The predicted molar refractivity (Wildman–Crippen MR) is 98.4 cm³/mol. The summed E-state index contributed by atoms with van der Waals surface area (Å²) >= 11 is 11.3. The summed E-state index contributed by atoms with van der Waals surface area (Å²) in [6, 6.07) is 12.9. The fourth-order valence-corrected chi connectivity index (χ4v) is 4.46. The van der Waals surface area contributed by atoms with E-state index >= 15 is 0 Å². The van der Waals surface area contributed by atoms with Gasteiger partial charge in [-0.2, -0.15) is 0 Å². The first-order valence-electron chi connectivity index (χ1n) is 7.11. The standard InChI is InChI=1S/C17H15BrClNO2S/c1-22-15-6-5-12(18)10-14(15)17-20(7-8-23-17)16(21)11-3-2-4-13(19)9-11/h2-6,9-10,17H,7-8H2,1H3. The molecule has 1 fully saturated rings. The zero-order valence-corrected chi connectivity index (χ0v) is 15.6. The number of hydrogen-bond acceptors (Lipinski definition) is 3. The van der Waals surface area contributed by atoms with Gasteiger partial charge < -0.3 is 9.64 Å². The van der Waals surface area contributed by atoms with E-state index in [0.29, 0.717) is 17.1 Å². The Bertz CT molecular complexity index is 740. The Morgan fingerprint density at radius 3 is 2.91 bits per heavy atom. The summed E-state index contributed by atoms with van der Waals surface area (Å²) in [5, 5.41) is 0.508. The number of carbonyl (C=O) groups is 1. The molecule has 1 amide bonds. The molecule has 2 aromatic carbocycles. The van der Waals surface area contributed by atoms with Crippen LogP contribution in [0.3, 0.4) is 0 Å². The maximum absolute atomic E-state index is 12.9. The molecule has 6 heteroatoms. The molecule has 1 aliphatic rings. The molecule has 0 aromatic heterocycles. The van der Waals surface area contributed by atoms with Gasteiger partial charge in [-0.05, 0) is 36.4 Å². The average Bonchev–Trinajstić information content (AvgIpc) is 3.03. The van der Waals surface area contributed by atoms with E-state index in [0.717, 1.165) is 21.5 Å². The lowest BCUT2D eigenvalue weighted by Crippen LogP contribution is -2.30. The van der Waals surface area contributed by atoms with Gasteiger partial charge in [-0.3, -0.25) is 4.79 Å². The van der Waals surface area contributed by atoms with Crippen molar-refractivity contribution in [3.8, 4) is 5.75 Å². The molecule has 3 nitrogen and oxygen atoms in total. The van der Waals surface area contributed by atoms with Crippen molar-refractivity contribution in [2.75, 3.05) is 19.4 Å². The number of carbonyl (C=O) groups excluding carboxylic acids is 1. The summed E-state index contributed by atoms with van der Waals surface area (Å²) in [6.07, 6.45) is 0. The number of ether oxygens (including phenoxy) is 1. The zero-order valence-electron chi connectivity index (χ0n) is 12.5. The number of methoxy groups -OCH3 is 1. The van der Waals surface area contributed by atoms with Gasteiger partial charge in [0.15, 0.2) is 0 Å². The normalized spacial score (nSPS) is 17.3. The second-order valence-electron chi connectivity index (χ2n) is 5.12. The van der Waals surface area contributed by atoms with E-state index in [1.807, 2.05) is 23.1 Å². The largest absolute Gasteiger partial charge is 0.496 e. The molecule has 0 radical (unpaired) electrons. The first-order chi connectivity index (χ1) is 11.1. The van der Waals surface area contributed by atoms with Crippen molar-refractivity contribution in [3.05, 3.63) is 63.1 Å². The van der Waals surface area contributed by atoms with Gasteiger partial charge in [-0.1, -0.05) is 33.6 Å². The third-order valence-electron chi connectivity index (χ3n) is 3.68. The molecular weight excluding hydrogens is 398 g/mol. The van der Waals surface area contributed by atoms with Gasteiger partial charge in [-0.25, -0.2) is 0 Å². The maximum Gasteiger partial charge on any atom is 0.255 e. The second-order valence-corrected chi connectivity index (χ2v) is 7.66. The molecule has 2 aromatic rings. The van der Waals surface area contributed by atoms with Crippen molar-refractivity contribution in [3.63, 3.8) is 0 Å². The molecule has 1 saturated heterocycles. The minimum absolute atomic E-state index is 0.00970. The molecule has 1 atom stereocenters. The number of halogens is 2. The van der Waals surface area contributed by atoms with Crippen LogP contribution in [-0.2, 0) is 0 Å². The smallest absolute Gasteiger partial charge is 0.255 e. The van der Waals surface area contributed by atoms with Gasteiger partial charge in [0.1, 0.15) is 11.1 Å². The molecule has 0 saturated carbocycles. The predicted octanol–water partition coefficient (Wildman–Crippen LogP) is 5.00. The van der Waals surface area contributed by atoms with E-state index in [2.05, 4.69) is 15.9 Å². The number of thioether (sulfide) groups is 1. The van der Waals surface area contributed by atoms with Crippen LogP contribution in [0, 0.1) is 0 Å². The summed E-state index contributed by atoms with van der Waals surface area (Å²) in [4.78, 5) is 14.7. The van der Waals surface area contributed by atoms with Gasteiger partial charge in [-0.15, -0.1) is 11.8 Å². The highest BCUT2D eigenvalue weighted by atomic mass is 79.9. The van der Waals surface area contributed by atoms with E-state index in [9.17, 15) is 4.79 Å². The molecular formula is C17H15BrClNO2S. The highest BCUT2D eigenvalue weighted by Gasteiger charge is 2.33.